The zero-order valence-electron chi connectivity index (χ0n) is 11.2. The maximum atomic E-state index is 13.0. The molecule has 7 heteroatoms. The number of phenolic OH excluding ortho intramolecular Hbond substituents is 1. The Morgan fingerprint density at radius 1 is 1.23 bits per heavy atom. The molecule has 2 N–H and O–H groups in total. The van der Waals surface area contributed by atoms with Crippen molar-refractivity contribution in [2.75, 3.05) is 11.9 Å². The Hall–Kier alpha value is -2.60. The third kappa shape index (κ3) is 4.20. The molecule has 2 aromatic rings. The van der Waals surface area contributed by atoms with Crippen molar-refractivity contribution in [2.24, 2.45) is 0 Å². The van der Waals surface area contributed by atoms with Crippen molar-refractivity contribution in [3.8, 4) is 5.75 Å². The molecule has 0 bridgehead atoms. The summed E-state index contributed by atoms with van der Waals surface area (Å²) in [6, 6.07) is 9.23. The number of benzene rings is 2. The number of amides is 1. The van der Waals surface area contributed by atoms with Crippen LogP contribution >= 0.6 is 11.6 Å². The van der Waals surface area contributed by atoms with Gasteiger partial charge in [0.05, 0.1) is 10.6 Å². The number of carbonyl (C=O) groups excluding carboxylic acids is 2. The average Bonchev–Trinajstić information content (AvgIpc) is 2.48. The average molecular weight is 324 g/mol. The fraction of sp³-hybridized carbons (Fsp3) is 0.0667. The number of anilines is 1. The number of phenols is 1. The van der Waals surface area contributed by atoms with Crippen LogP contribution in [0.5, 0.6) is 5.75 Å². The number of hydrogen-bond acceptors (Lipinski definition) is 4. The van der Waals surface area contributed by atoms with Gasteiger partial charge in [0.25, 0.3) is 5.91 Å². The Balaban J connectivity index is 1.90. The predicted molar refractivity (Wildman–Crippen MR) is 78.4 cm³/mol. The molecule has 0 atom stereocenters. The van der Waals surface area contributed by atoms with Gasteiger partial charge in [-0.1, -0.05) is 17.7 Å². The molecule has 1 amide bonds. The summed E-state index contributed by atoms with van der Waals surface area (Å²) in [5, 5.41) is 11.5. The van der Waals surface area contributed by atoms with Crippen molar-refractivity contribution in [1.29, 1.82) is 0 Å². The SMILES string of the molecule is O=C(COC(=O)c1cccc(O)c1)Nc1ccc(F)c(Cl)c1. The molecule has 2 rings (SSSR count). The molecule has 0 saturated heterocycles. The lowest BCUT2D eigenvalue weighted by atomic mass is 10.2. The highest BCUT2D eigenvalue weighted by Gasteiger charge is 2.11. The van der Waals surface area contributed by atoms with Crippen molar-refractivity contribution in [1.82, 2.24) is 0 Å². The molecule has 22 heavy (non-hydrogen) atoms. The van der Waals surface area contributed by atoms with Crippen LogP contribution in [0.25, 0.3) is 0 Å². The van der Waals surface area contributed by atoms with Crippen LogP contribution in [0, 0.1) is 5.82 Å². The first-order valence-electron chi connectivity index (χ1n) is 6.17. The van der Waals surface area contributed by atoms with E-state index in [9.17, 15) is 19.1 Å². The normalized spacial score (nSPS) is 10.1. The van der Waals surface area contributed by atoms with E-state index < -0.39 is 24.3 Å². The molecule has 0 fully saturated rings. The topological polar surface area (TPSA) is 75.6 Å². The Morgan fingerprint density at radius 3 is 2.68 bits per heavy atom. The first kappa shape index (κ1) is 15.8. The summed E-state index contributed by atoms with van der Waals surface area (Å²) >= 11 is 5.58. The summed E-state index contributed by atoms with van der Waals surface area (Å²) in [5.74, 6) is -2.03. The summed E-state index contributed by atoms with van der Waals surface area (Å²) in [4.78, 5) is 23.3. The van der Waals surface area contributed by atoms with Gasteiger partial charge in [-0.3, -0.25) is 4.79 Å². The van der Waals surface area contributed by atoms with E-state index in [0.717, 1.165) is 6.07 Å². The quantitative estimate of drug-likeness (QED) is 0.848. The number of aromatic hydroxyl groups is 1. The van der Waals surface area contributed by atoms with E-state index in [-0.39, 0.29) is 22.0 Å². The molecular formula is C15H11ClFNO4. The summed E-state index contributed by atoms with van der Waals surface area (Å²) < 4.78 is 17.8. The van der Waals surface area contributed by atoms with E-state index in [2.05, 4.69) is 5.32 Å². The van der Waals surface area contributed by atoms with Crippen LogP contribution in [-0.4, -0.2) is 23.6 Å². The fourth-order valence-corrected chi connectivity index (χ4v) is 1.80. The first-order chi connectivity index (χ1) is 10.5. The van der Waals surface area contributed by atoms with Crippen LogP contribution in [0.15, 0.2) is 42.5 Å². The highest BCUT2D eigenvalue weighted by Crippen LogP contribution is 2.19. The molecule has 0 aliphatic carbocycles. The molecule has 0 aromatic heterocycles. The maximum absolute atomic E-state index is 13.0. The summed E-state index contributed by atoms with van der Waals surface area (Å²) in [7, 11) is 0. The minimum atomic E-state index is -0.747. The zero-order chi connectivity index (χ0) is 16.1. The minimum Gasteiger partial charge on any atom is -0.508 e. The molecule has 0 unspecified atom stereocenters. The molecule has 0 spiro atoms. The summed E-state index contributed by atoms with van der Waals surface area (Å²) in [6.45, 7) is -0.524. The van der Waals surface area contributed by atoms with E-state index in [1.54, 1.807) is 0 Å². The monoisotopic (exact) mass is 323 g/mol. The molecule has 0 aliphatic heterocycles. The summed E-state index contributed by atoms with van der Waals surface area (Å²) in [5.41, 5.74) is 0.405. The second kappa shape index (κ2) is 6.91. The molecule has 0 aliphatic rings. The zero-order valence-corrected chi connectivity index (χ0v) is 11.9. The Labute approximate surface area is 130 Å². The fourth-order valence-electron chi connectivity index (χ4n) is 1.62. The van der Waals surface area contributed by atoms with Gasteiger partial charge in [0, 0.05) is 5.69 Å². The third-order valence-corrected chi connectivity index (χ3v) is 2.91. The van der Waals surface area contributed by atoms with Crippen LogP contribution in [0.1, 0.15) is 10.4 Å². The number of halogens is 2. The van der Waals surface area contributed by atoms with Gasteiger partial charge < -0.3 is 15.2 Å². The van der Waals surface area contributed by atoms with E-state index in [1.807, 2.05) is 0 Å². The van der Waals surface area contributed by atoms with Gasteiger partial charge in [0.2, 0.25) is 0 Å². The number of rotatable bonds is 4. The smallest absolute Gasteiger partial charge is 0.338 e. The minimum absolute atomic E-state index is 0.0835. The molecule has 5 nitrogen and oxygen atoms in total. The van der Waals surface area contributed by atoms with Crippen molar-refractivity contribution in [3.63, 3.8) is 0 Å². The van der Waals surface area contributed by atoms with Gasteiger partial charge in [-0.2, -0.15) is 0 Å². The van der Waals surface area contributed by atoms with Crippen LogP contribution in [-0.2, 0) is 9.53 Å². The molecule has 0 radical (unpaired) electrons. The lowest BCUT2D eigenvalue weighted by Gasteiger charge is -2.07. The second-order valence-corrected chi connectivity index (χ2v) is 4.71. The van der Waals surface area contributed by atoms with Crippen LogP contribution in [0.3, 0.4) is 0 Å². The van der Waals surface area contributed by atoms with Crippen molar-refractivity contribution in [3.05, 3.63) is 58.9 Å². The molecule has 114 valence electrons. The van der Waals surface area contributed by atoms with Crippen LogP contribution in [0.2, 0.25) is 5.02 Å². The van der Waals surface area contributed by atoms with Crippen LogP contribution < -0.4 is 5.32 Å². The van der Waals surface area contributed by atoms with E-state index in [0.29, 0.717) is 0 Å². The molecule has 0 saturated carbocycles. The first-order valence-corrected chi connectivity index (χ1v) is 6.54. The Kier molecular flexibility index (Phi) is 4.95. The predicted octanol–water partition coefficient (Wildman–Crippen LogP) is 2.98. The maximum Gasteiger partial charge on any atom is 0.338 e. The van der Waals surface area contributed by atoms with Crippen molar-refractivity contribution in [2.45, 2.75) is 0 Å². The highest BCUT2D eigenvalue weighted by atomic mass is 35.5. The van der Waals surface area contributed by atoms with Gasteiger partial charge in [-0.15, -0.1) is 0 Å². The second-order valence-electron chi connectivity index (χ2n) is 4.30. The summed E-state index contributed by atoms with van der Waals surface area (Å²) in [6.07, 6.45) is 0. The largest absolute Gasteiger partial charge is 0.508 e. The van der Waals surface area contributed by atoms with Crippen molar-refractivity contribution >= 4 is 29.2 Å². The van der Waals surface area contributed by atoms with E-state index >= 15 is 0 Å². The Morgan fingerprint density at radius 2 is 2.00 bits per heavy atom. The van der Waals surface area contributed by atoms with Gasteiger partial charge in [0.15, 0.2) is 6.61 Å². The Bertz CT molecular complexity index is 720. The number of hydrogen-bond donors (Lipinski definition) is 2. The molecule has 0 heterocycles. The van der Waals surface area contributed by atoms with E-state index in [1.165, 1.54) is 36.4 Å². The highest BCUT2D eigenvalue weighted by molar-refractivity contribution is 6.31. The number of nitrogens with one attached hydrogen (secondary N) is 1. The van der Waals surface area contributed by atoms with Crippen molar-refractivity contribution < 1.29 is 23.8 Å². The standard InChI is InChI=1S/C15H11ClFNO4/c16-12-7-10(4-5-13(12)17)18-14(20)8-22-15(21)9-2-1-3-11(19)6-9/h1-7,19H,8H2,(H,18,20). The van der Waals surface area contributed by atoms with Gasteiger partial charge in [-0.25, -0.2) is 9.18 Å². The number of carbonyl (C=O) groups is 2. The van der Waals surface area contributed by atoms with E-state index in [4.69, 9.17) is 16.3 Å². The lowest BCUT2D eigenvalue weighted by Crippen LogP contribution is -2.20. The third-order valence-electron chi connectivity index (χ3n) is 2.62. The van der Waals surface area contributed by atoms with Gasteiger partial charge >= 0.3 is 5.97 Å². The number of esters is 1. The lowest BCUT2D eigenvalue weighted by molar-refractivity contribution is -0.119. The molecule has 2 aromatic carbocycles. The van der Waals surface area contributed by atoms with Crippen LogP contribution in [0.4, 0.5) is 10.1 Å². The molecular weight excluding hydrogens is 313 g/mol. The van der Waals surface area contributed by atoms with Gasteiger partial charge in [-0.05, 0) is 36.4 Å². The van der Waals surface area contributed by atoms with Gasteiger partial charge in [0.1, 0.15) is 11.6 Å². The number of ether oxygens (including phenoxy) is 1.